The van der Waals surface area contributed by atoms with Gasteiger partial charge in [0.05, 0.1) is 25.8 Å². The molecule has 1 aromatic carbocycles. The highest BCUT2D eigenvalue weighted by Crippen LogP contribution is 2.14. The van der Waals surface area contributed by atoms with Crippen molar-refractivity contribution in [3.63, 3.8) is 0 Å². The maximum absolute atomic E-state index is 11.9. The molecule has 1 fully saturated rings. The number of nitrogens with zero attached hydrogens (tertiary/aromatic N) is 2. The molecule has 0 aliphatic carbocycles. The molecule has 0 spiro atoms. The first-order chi connectivity index (χ1) is 14.0. The summed E-state index contributed by atoms with van der Waals surface area (Å²) in [7, 11) is 3.49. The fraction of sp³-hybridized carbons (Fsp3) is 0.636. The number of aliphatic imine (C=N–C) groups is 1. The van der Waals surface area contributed by atoms with Crippen LogP contribution in [-0.4, -0.2) is 62.8 Å². The first-order valence-electron chi connectivity index (χ1n) is 10.5. The van der Waals surface area contributed by atoms with Gasteiger partial charge in [-0.15, -0.1) is 0 Å². The van der Waals surface area contributed by atoms with Crippen molar-refractivity contribution < 1.29 is 14.3 Å². The second kappa shape index (κ2) is 12.4. The summed E-state index contributed by atoms with van der Waals surface area (Å²) < 4.78 is 11.3. The van der Waals surface area contributed by atoms with Crippen LogP contribution in [0.3, 0.4) is 0 Å². The number of rotatable bonds is 9. The van der Waals surface area contributed by atoms with E-state index in [4.69, 9.17) is 9.47 Å². The maximum Gasteiger partial charge on any atom is 0.241 e. The molecule has 1 aromatic rings. The summed E-state index contributed by atoms with van der Waals surface area (Å²) in [4.78, 5) is 18.1. The summed E-state index contributed by atoms with van der Waals surface area (Å²) in [6.45, 7) is 7.19. The third-order valence-corrected chi connectivity index (χ3v) is 5.00. The van der Waals surface area contributed by atoms with Crippen LogP contribution in [0.1, 0.15) is 44.2 Å². The van der Waals surface area contributed by atoms with Crippen LogP contribution in [-0.2, 0) is 27.4 Å². The summed E-state index contributed by atoms with van der Waals surface area (Å²) in [6, 6.07) is 8.63. The largest absolute Gasteiger partial charge is 0.381 e. The molecule has 29 heavy (non-hydrogen) atoms. The van der Waals surface area contributed by atoms with E-state index in [1.807, 2.05) is 0 Å². The Labute approximate surface area is 174 Å². The van der Waals surface area contributed by atoms with E-state index in [1.54, 1.807) is 19.0 Å². The van der Waals surface area contributed by atoms with E-state index in [0.717, 1.165) is 43.6 Å². The van der Waals surface area contributed by atoms with Crippen LogP contribution in [0.2, 0.25) is 0 Å². The number of nitrogens with one attached hydrogen (secondary N) is 2. The van der Waals surface area contributed by atoms with E-state index in [2.05, 4.69) is 53.7 Å². The number of carbonyl (C=O) groups is 1. The Balaban J connectivity index is 1.87. The van der Waals surface area contributed by atoms with Gasteiger partial charge in [-0.2, -0.15) is 0 Å². The standard InChI is InChI=1S/C22H36N4O3/c1-5-17(2)25-22(24-15-21(27)26(3)4)23-14-18-6-8-19(9-7-18)16-29-20-10-12-28-13-11-20/h6-9,17,20H,5,10-16H2,1-4H3,(H2,23,24,25). The molecule has 1 atom stereocenters. The normalized spacial score (nSPS) is 16.3. The Kier molecular flexibility index (Phi) is 9.94. The van der Waals surface area contributed by atoms with Crippen LogP contribution >= 0.6 is 0 Å². The average molecular weight is 405 g/mol. The molecule has 7 nitrogen and oxygen atoms in total. The molecular formula is C22H36N4O3. The molecule has 1 unspecified atom stereocenters. The summed E-state index contributed by atoms with van der Waals surface area (Å²) in [6.07, 6.45) is 3.23. The number of ether oxygens (including phenoxy) is 2. The Morgan fingerprint density at radius 2 is 1.90 bits per heavy atom. The second-order valence-corrected chi connectivity index (χ2v) is 7.70. The van der Waals surface area contributed by atoms with Crippen molar-refractivity contribution in [1.82, 2.24) is 15.5 Å². The van der Waals surface area contributed by atoms with Crippen LogP contribution in [0.4, 0.5) is 0 Å². The van der Waals surface area contributed by atoms with Gasteiger partial charge in [0.15, 0.2) is 5.96 Å². The second-order valence-electron chi connectivity index (χ2n) is 7.70. The summed E-state index contributed by atoms with van der Waals surface area (Å²) >= 11 is 0. The SMILES string of the molecule is CCC(C)NC(=NCc1ccc(COC2CCOCC2)cc1)NCC(=O)N(C)C. The Morgan fingerprint density at radius 1 is 1.24 bits per heavy atom. The van der Waals surface area contributed by atoms with Crippen molar-refractivity contribution in [3.8, 4) is 0 Å². The zero-order valence-corrected chi connectivity index (χ0v) is 18.2. The topological polar surface area (TPSA) is 75.2 Å². The molecule has 0 saturated carbocycles. The Hall–Kier alpha value is -2.12. The van der Waals surface area contributed by atoms with Gasteiger partial charge in [0.25, 0.3) is 0 Å². The average Bonchev–Trinajstić information content (AvgIpc) is 2.75. The minimum atomic E-state index is 0.0116. The first kappa shape index (κ1) is 23.2. The van der Waals surface area contributed by atoms with Gasteiger partial charge in [0, 0.05) is 33.4 Å². The number of hydrogen-bond donors (Lipinski definition) is 2. The first-order valence-corrected chi connectivity index (χ1v) is 10.5. The van der Waals surface area contributed by atoms with Gasteiger partial charge in [0.1, 0.15) is 0 Å². The van der Waals surface area contributed by atoms with Crippen molar-refractivity contribution in [2.45, 2.75) is 58.4 Å². The lowest BCUT2D eigenvalue weighted by atomic mass is 10.1. The number of amides is 1. The Morgan fingerprint density at radius 3 is 2.52 bits per heavy atom. The van der Waals surface area contributed by atoms with Crippen LogP contribution in [0, 0.1) is 0 Å². The molecule has 2 N–H and O–H groups in total. The zero-order valence-electron chi connectivity index (χ0n) is 18.2. The summed E-state index contributed by atoms with van der Waals surface area (Å²) in [5.74, 6) is 0.666. The van der Waals surface area contributed by atoms with E-state index in [1.165, 1.54) is 0 Å². The number of guanidine groups is 1. The smallest absolute Gasteiger partial charge is 0.241 e. The lowest BCUT2D eigenvalue weighted by Crippen LogP contribution is -2.45. The molecule has 1 aliphatic heterocycles. The highest BCUT2D eigenvalue weighted by Gasteiger charge is 2.14. The highest BCUT2D eigenvalue weighted by atomic mass is 16.5. The molecule has 7 heteroatoms. The van der Waals surface area contributed by atoms with Crippen molar-refractivity contribution in [1.29, 1.82) is 0 Å². The zero-order chi connectivity index (χ0) is 21.1. The fourth-order valence-corrected chi connectivity index (χ4v) is 2.77. The van der Waals surface area contributed by atoms with E-state index in [0.29, 0.717) is 25.2 Å². The van der Waals surface area contributed by atoms with Gasteiger partial charge < -0.3 is 25.0 Å². The molecule has 0 aromatic heterocycles. The molecule has 1 aliphatic rings. The van der Waals surface area contributed by atoms with Crippen LogP contribution in [0.25, 0.3) is 0 Å². The molecule has 0 radical (unpaired) electrons. The third kappa shape index (κ3) is 8.83. The van der Waals surface area contributed by atoms with Gasteiger partial charge in [-0.3, -0.25) is 4.79 Å². The van der Waals surface area contributed by atoms with Crippen molar-refractivity contribution in [2.24, 2.45) is 4.99 Å². The molecular weight excluding hydrogens is 368 g/mol. The van der Waals surface area contributed by atoms with Crippen LogP contribution in [0.5, 0.6) is 0 Å². The molecule has 2 rings (SSSR count). The van der Waals surface area contributed by atoms with Crippen molar-refractivity contribution in [2.75, 3.05) is 33.9 Å². The minimum absolute atomic E-state index is 0.0116. The lowest BCUT2D eigenvalue weighted by molar-refractivity contribution is -0.127. The number of carbonyl (C=O) groups excluding carboxylic acids is 1. The highest BCUT2D eigenvalue weighted by molar-refractivity contribution is 5.86. The summed E-state index contributed by atoms with van der Waals surface area (Å²) in [5.41, 5.74) is 2.28. The lowest BCUT2D eigenvalue weighted by Gasteiger charge is -2.22. The van der Waals surface area contributed by atoms with Gasteiger partial charge >= 0.3 is 0 Å². The van der Waals surface area contributed by atoms with Crippen molar-refractivity contribution >= 4 is 11.9 Å². The van der Waals surface area contributed by atoms with Gasteiger partial charge in [-0.25, -0.2) is 4.99 Å². The Bertz CT molecular complexity index is 640. The molecule has 1 amide bonds. The summed E-state index contributed by atoms with van der Waals surface area (Å²) in [5, 5.41) is 6.46. The van der Waals surface area contributed by atoms with Crippen LogP contribution in [0.15, 0.2) is 29.3 Å². The maximum atomic E-state index is 11.9. The predicted octanol–water partition coefficient (Wildman–Crippen LogP) is 2.30. The van der Waals surface area contributed by atoms with Gasteiger partial charge in [0.2, 0.25) is 5.91 Å². The molecule has 162 valence electrons. The molecule has 1 heterocycles. The predicted molar refractivity (Wildman–Crippen MR) is 116 cm³/mol. The number of hydrogen-bond acceptors (Lipinski definition) is 4. The van der Waals surface area contributed by atoms with E-state index >= 15 is 0 Å². The van der Waals surface area contributed by atoms with Gasteiger partial charge in [-0.1, -0.05) is 31.2 Å². The minimum Gasteiger partial charge on any atom is -0.381 e. The van der Waals surface area contributed by atoms with E-state index in [-0.39, 0.29) is 18.5 Å². The van der Waals surface area contributed by atoms with Gasteiger partial charge in [-0.05, 0) is 37.3 Å². The van der Waals surface area contributed by atoms with Crippen LogP contribution < -0.4 is 10.6 Å². The van der Waals surface area contributed by atoms with E-state index in [9.17, 15) is 4.79 Å². The third-order valence-electron chi connectivity index (χ3n) is 5.00. The quantitative estimate of drug-likeness (QED) is 0.488. The monoisotopic (exact) mass is 404 g/mol. The number of benzene rings is 1. The molecule has 0 bridgehead atoms. The fourth-order valence-electron chi connectivity index (χ4n) is 2.77. The molecule has 1 saturated heterocycles. The number of likely N-dealkylation sites (N-methyl/N-ethyl adjacent to an activating group) is 1. The van der Waals surface area contributed by atoms with Crippen molar-refractivity contribution in [3.05, 3.63) is 35.4 Å². The van der Waals surface area contributed by atoms with E-state index < -0.39 is 0 Å².